The Labute approximate surface area is 151 Å². The molecule has 3 aromatic rings. The van der Waals surface area contributed by atoms with Gasteiger partial charge in [-0.1, -0.05) is 6.07 Å². The van der Waals surface area contributed by atoms with Crippen molar-refractivity contribution in [2.75, 3.05) is 30.6 Å². The molecule has 8 nitrogen and oxygen atoms in total. The minimum absolute atomic E-state index is 0.411. The van der Waals surface area contributed by atoms with Crippen LogP contribution in [0.4, 0.5) is 23.0 Å². The van der Waals surface area contributed by atoms with Crippen molar-refractivity contribution in [3.8, 4) is 11.5 Å². The van der Waals surface area contributed by atoms with Gasteiger partial charge in [-0.25, -0.2) is 9.97 Å². The summed E-state index contributed by atoms with van der Waals surface area (Å²) in [5.74, 6) is 2.34. The largest absolute Gasteiger partial charge is 0.497 e. The van der Waals surface area contributed by atoms with E-state index in [1.54, 1.807) is 32.7 Å². The Kier molecular flexibility index (Phi) is 5.33. The number of ether oxygens (including phenoxy) is 2. The second-order valence-corrected chi connectivity index (χ2v) is 5.39. The molecule has 0 spiro atoms. The molecule has 2 heterocycles. The highest BCUT2D eigenvalue weighted by molar-refractivity contribution is 5.79. The Bertz CT molecular complexity index is 873. The number of hydrogen-bond acceptors (Lipinski definition) is 8. The quantitative estimate of drug-likeness (QED) is 0.596. The van der Waals surface area contributed by atoms with Crippen molar-refractivity contribution in [2.24, 2.45) is 0 Å². The molecule has 2 aromatic heterocycles. The second-order valence-electron chi connectivity index (χ2n) is 5.39. The molecule has 0 saturated heterocycles. The van der Waals surface area contributed by atoms with Crippen molar-refractivity contribution in [3.05, 3.63) is 54.6 Å². The highest BCUT2D eigenvalue weighted by atomic mass is 16.5. The maximum absolute atomic E-state index is 6.21. The molecular weight excluding hydrogens is 332 g/mol. The molecule has 0 bridgehead atoms. The van der Waals surface area contributed by atoms with E-state index in [0.29, 0.717) is 35.4 Å². The van der Waals surface area contributed by atoms with Crippen LogP contribution in [0.1, 0.15) is 5.56 Å². The topological polar surface area (TPSA) is 107 Å². The first kappa shape index (κ1) is 17.3. The van der Waals surface area contributed by atoms with Gasteiger partial charge in [0.25, 0.3) is 0 Å². The lowest BCUT2D eigenvalue weighted by Crippen LogP contribution is -2.08. The third-order valence-corrected chi connectivity index (χ3v) is 3.73. The van der Waals surface area contributed by atoms with Crippen molar-refractivity contribution < 1.29 is 9.47 Å². The number of methoxy groups -OCH3 is 2. The second kappa shape index (κ2) is 8.02. The van der Waals surface area contributed by atoms with Crippen LogP contribution >= 0.6 is 0 Å². The molecule has 0 saturated carbocycles. The van der Waals surface area contributed by atoms with E-state index >= 15 is 0 Å². The maximum Gasteiger partial charge on any atom is 0.159 e. The summed E-state index contributed by atoms with van der Waals surface area (Å²) < 4.78 is 10.6. The zero-order chi connectivity index (χ0) is 18.4. The molecule has 0 aliphatic rings. The zero-order valence-corrected chi connectivity index (χ0v) is 14.6. The summed E-state index contributed by atoms with van der Waals surface area (Å²) in [4.78, 5) is 12.5. The van der Waals surface area contributed by atoms with Gasteiger partial charge in [-0.15, -0.1) is 0 Å². The number of benzene rings is 1. The van der Waals surface area contributed by atoms with Gasteiger partial charge in [0.2, 0.25) is 0 Å². The highest BCUT2D eigenvalue weighted by Gasteiger charge is 2.11. The molecule has 8 heteroatoms. The number of nitrogens with two attached hydrogens (primary N) is 1. The number of pyridine rings is 1. The third kappa shape index (κ3) is 3.92. The van der Waals surface area contributed by atoms with E-state index in [1.165, 1.54) is 6.33 Å². The Hall–Kier alpha value is -3.55. The average molecular weight is 352 g/mol. The molecule has 0 aliphatic carbocycles. The summed E-state index contributed by atoms with van der Waals surface area (Å²) in [6.45, 7) is 0.556. The predicted molar refractivity (Wildman–Crippen MR) is 101 cm³/mol. The lowest BCUT2D eigenvalue weighted by Gasteiger charge is -2.15. The summed E-state index contributed by atoms with van der Waals surface area (Å²) >= 11 is 0. The number of hydrogen-bond donors (Lipinski definition) is 3. The standard InChI is InChI=1S/C18H20N6O2/c1-25-13-5-6-14(15(8-13)26-2)24-18-16(19)17(22-11-23-18)21-10-12-4-3-7-20-9-12/h3-9,11H,10,19H2,1-2H3,(H2,21,22,23,24). The fourth-order valence-corrected chi connectivity index (χ4v) is 2.35. The lowest BCUT2D eigenvalue weighted by molar-refractivity contribution is 0.395. The third-order valence-electron chi connectivity index (χ3n) is 3.73. The number of nitrogens with zero attached hydrogens (tertiary/aromatic N) is 3. The molecule has 3 rings (SSSR count). The van der Waals surface area contributed by atoms with Crippen LogP contribution in [0.5, 0.6) is 11.5 Å². The van der Waals surface area contributed by atoms with Crippen LogP contribution in [0.3, 0.4) is 0 Å². The number of aromatic nitrogens is 3. The number of nitrogens with one attached hydrogen (secondary N) is 2. The monoisotopic (exact) mass is 352 g/mol. The molecule has 26 heavy (non-hydrogen) atoms. The first-order valence-corrected chi connectivity index (χ1v) is 7.93. The SMILES string of the molecule is COc1ccc(Nc2ncnc(NCc3cccnc3)c2N)c(OC)c1. The summed E-state index contributed by atoms with van der Waals surface area (Å²) in [7, 11) is 3.19. The summed E-state index contributed by atoms with van der Waals surface area (Å²) in [6.07, 6.45) is 4.96. The number of nitrogen functional groups attached to an aromatic ring is 1. The van der Waals surface area contributed by atoms with Gasteiger partial charge >= 0.3 is 0 Å². The summed E-state index contributed by atoms with van der Waals surface area (Å²) in [5.41, 5.74) is 8.37. The van der Waals surface area contributed by atoms with Crippen molar-refractivity contribution in [2.45, 2.75) is 6.54 Å². The maximum atomic E-state index is 6.21. The van der Waals surface area contributed by atoms with Crippen LogP contribution in [-0.4, -0.2) is 29.2 Å². The van der Waals surface area contributed by atoms with E-state index in [2.05, 4.69) is 25.6 Å². The Morgan fingerprint density at radius 2 is 1.92 bits per heavy atom. The smallest absolute Gasteiger partial charge is 0.159 e. The van der Waals surface area contributed by atoms with E-state index in [4.69, 9.17) is 15.2 Å². The highest BCUT2D eigenvalue weighted by Crippen LogP contribution is 2.33. The van der Waals surface area contributed by atoms with Gasteiger partial charge in [-0.05, 0) is 23.8 Å². The Balaban J connectivity index is 1.79. The van der Waals surface area contributed by atoms with E-state index < -0.39 is 0 Å². The van der Waals surface area contributed by atoms with E-state index in [9.17, 15) is 0 Å². The molecule has 134 valence electrons. The van der Waals surface area contributed by atoms with Crippen LogP contribution in [-0.2, 0) is 6.54 Å². The van der Waals surface area contributed by atoms with E-state index in [0.717, 1.165) is 11.3 Å². The van der Waals surface area contributed by atoms with Gasteiger partial charge in [0.15, 0.2) is 11.6 Å². The Morgan fingerprint density at radius 1 is 1.08 bits per heavy atom. The molecule has 0 fully saturated rings. The van der Waals surface area contributed by atoms with Gasteiger partial charge in [0.05, 0.1) is 19.9 Å². The van der Waals surface area contributed by atoms with Crippen LogP contribution < -0.4 is 25.8 Å². The molecule has 0 amide bonds. The molecule has 0 unspecified atom stereocenters. The lowest BCUT2D eigenvalue weighted by atomic mass is 10.2. The van der Waals surface area contributed by atoms with Crippen molar-refractivity contribution in [1.29, 1.82) is 0 Å². The van der Waals surface area contributed by atoms with Crippen molar-refractivity contribution in [1.82, 2.24) is 15.0 Å². The normalized spacial score (nSPS) is 10.2. The first-order valence-electron chi connectivity index (χ1n) is 7.93. The Morgan fingerprint density at radius 3 is 2.65 bits per heavy atom. The molecule has 0 aliphatic heterocycles. The van der Waals surface area contributed by atoms with Gasteiger partial charge in [0.1, 0.15) is 23.5 Å². The van der Waals surface area contributed by atoms with Crippen molar-refractivity contribution in [3.63, 3.8) is 0 Å². The van der Waals surface area contributed by atoms with Crippen LogP contribution in [0.15, 0.2) is 49.1 Å². The predicted octanol–water partition coefficient (Wildman–Crippen LogP) is 2.83. The molecule has 0 atom stereocenters. The molecular formula is C18H20N6O2. The van der Waals surface area contributed by atoms with Gasteiger partial charge in [-0.2, -0.15) is 0 Å². The van der Waals surface area contributed by atoms with Gasteiger partial charge in [-0.3, -0.25) is 4.98 Å². The number of rotatable bonds is 7. The van der Waals surface area contributed by atoms with Crippen LogP contribution in [0.2, 0.25) is 0 Å². The zero-order valence-electron chi connectivity index (χ0n) is 14.6. The van der Waals surface area contributed by atoms with Gasteiger partial charge < -0.3 is 25.8 Å². The minimum atomic E-state index is 0.411. The molecule has 4 N–H and O–H groups in total. The van der Waals surface area contributed by atoms with E-state index in [1.807, 2.05) is 24.3 Å². The van der Waals surface area contributed by atoms with Crippen molar-refractivity contribution >= 4 is 23.0 Å². The first-order chi connectivity index (χ1) is 12.7. The summed E-state index contributed by atoms with van der Waals surface area (Å²) in [5, 5.41) is 6.37. The molecule has 1 aromatic carbocycles. The van der Waals surface area contributed by atoms with E-state index in [-0.39, 0.29) is 0 Å². The minimum Gasteiger partial charge on any atom is -0.497 e. The fourth-order valence-electron chi connectivity index (χ4n) is 2.35. The van der Waals surface area contributed by atoms with Crippen LogP contribution in [0, 0.1) is 0 Å². The fraction of sp³-hybridized carbons (Fsp3) is 0.167. The van der Waals surface area contributed by atoms with Gasteiger partial charge in [0, 0.05) is 25.0 Å². The summed E-state index contributed by atoms with van der Waals surface area (Å²) in [6, 6.07) is 9.29. The average Bonchev–Trinajstić information content (AvgIpc) is 2.69. The molecule has 0 radical (unpaired) electrons. The van der Waals surface area contributed by atoms with Crippen LogP contribution in [0.25, 0.3) is 0 Å². The number of anilines is 4.